The van der Waals surface area contributed by atoms with Crippen molar-refractivity contribution >= 4 is 37.3 Å². The molecule has 0 saturated carbocycles. The van der Waals surface area contributed by atoms with Gasteiger partial charge in [0.15, 0.2) is 0 Å². The Morgan fingerprint density at radius 3 is 2.45 bits per heavy atom. The Morgan fingerprint density at radius 1 is 1.03 bits per heavy atom. The summed E-state index contributed by atoms with van der Waals surface area (Å²) >= 11 is 1.10. The van der Waals surface area contributed by atoms with Gasteiger partial charge in [0.25, 0.3) is 0 Å². The van der Waals surface area contributed by atoms with Gasteiger partial charge in [0.1, 0.15) is 0 Å². The quantitative estimate of drug-likeness (QED) is 0.636. The first kappa shape index (κ1) is 20.1. The molecule has 1 fully saturated rings. The van der Waals surface area contributed by atoms with Crippen molar-refractivity contribution in [2.24, 2.45) is 0 Å². The van der Waals surface area contributed by atoms with E-state index in [-0.39, 0.29) is 9.77 Å². The Labute approximate surface area is 175 Å². The van der Waals surface area contributed by atoms with E-state index in [0.717, 1.165) is 16.9 Å². The van der Waals surface area contributed by atoms with Crippen LogP contribution in [0.5, 0.6) is 0 Å². The summed E-state index contributed by atoms with van der Waals surface area (Å²) in [5.74, 6) is 0. The van der Waals surface area contributed by atoms with Crippen molar-refractivity contribution in [3.8, 4) is 0 Å². The summed E-state index contributed by atoms with van der Waals surface area (Å²) < 4.78 is 30.3. The zero-order chi connectivity index (χ0) is 20.8. The van der Waals surface area contributed by atoms with Crippen LogP contribution in [0.1, 0.15) is 18.1 Å². The number of sulfonamides is 1. The highest BCUT2D eigenvalue weighted by Crippen LogP contribution is 2.27. The smallest absolute Gasteiger partial charge is 0.308 e. The summed E-state index contributed by atoms with van der Waals surface area (Å²) in [4.78, 5) is 14.5. The normalized spacial score (nSPS) is 15.9. The summed E-state index contributed by atoms with van der Waals surface area (Å²) in [5, 5.41) is 0. The highest BCUT2D eigenvalue weighted by Gasteiger charge is 2.29. The molecule has 1 aliphatic rings. The molecule has 8 heteroatoms. The average molecular weight is 432 g/mol. The third-order valence-electron chi connectivity index (χ3n) is 5.75. The number of fused-ring (bicyclic) bond motifs is 1. The zero-order valence-corrected chi connectivity index (χ0v) is 18.5. The zero-order valence-electron chi connectivity index (χ0n) is 16.9. The van der Waals surface area contributed by atoms with Crippen molar-refractivity contribution in [1.82, 2.24) is 8.87 Å². The number of hydrogen-bond acceptors (Lipinski definition) is 5. The molecule has 0 unspecified atom stereocenters. The monoisotopic (exact) mass is 431 g/mol. The van der Waals surface area contributed by atoms with Crippen LogP contribution in [0.15, 0.2) is 46.1 Å². The molecule has 2 heterocycles. The molecular weight excluding hydrogens is 406 g/mol. The first-order valence-corrected chi connectivity index (χ1v) is 12.0. The van der Waals surface area contributed by atoms with Gasteiger partial charge in [0, 0.05) is 38.4 Å². The lowest BCUT2D eigenvalue weighted by atomic mass is 10.1. The molecule has 2 aromatic carbocycles. The van der Waals surface area contributed by atoms with Crippen molar-refractivity contribution < 1.29 is 8.42 Å². The van der Waals surface area contributed by atoms with Gasteiger partial charge in [-0.25, -0.2) is 8.42 Å². The minimum absolute atomic E-state index is 0.0563. The average Bonchev–Trinajstić information content (AvgIpc) is 3.04. The lowest BCUT2D eigenvalue weighted by molar-refractivity contribution is 0.385. The molecular formula is C21H25N3O3S2. The minimum atomic E-state index is -3.59. The van der Waals surface area contributed by atoms with Crippen LogP contribution >= 0.6 is 11.3 Å². The van der Waals surface area contributed by atoms with E-state index < -0.39 is 10.0 Å². The first-order valence-electron chi connectivity index (χ1n) is 9.77. The van der Waals surface area contributed by atoms with E-state index in [1.54, 1.807) is 27.1 Å². The molecule has 0 spiro atoms. The second kappa shape index (κ2) is 7.59. The highest BCUT2D eigenvalue weighted by molar-refractivity contribution is 7.89. The number of benzene rings is 2. The standard InChI is InChI=1S/C21H25N3O3S2/c1-4-24-19-9-8-17(14-20(19)28-21(24)25)29(26,27)23-12-10-22(11-13-23)18-7-5-6-15(2)16(18)3/h5-9,14H,4,10-13H2,1-3H3. The minimum Gasteiger partial charge on any atom is -0.369 e. The molecule has 0 bridgehead atoms. The molecule has 0 aliphatic carbocycles. The predicted octanol–water partition coefficient (Wildman–Crippen LogP) is 3.21. The van der Waals surface area contributed by atoms with Crippen LogP contribution in [-0.2, 0) is 16.6 Å². The second-order valence-electron chi connectivity index (χ2n) is 7.35. The fourth-order valence-corrected chi connectivity index (χ4v) is 6.42. The Bertz CT molecular complexity index is 1220. The third-order valence-corrected chi connectivity index (χ3v) is 8.59. The van der Waals surface area contributed by atoms with E-state index in [4.69, 9.17) is 0 Å². The van der Waals surface area contributed by atoms with Crippen molar-refractivity contribution in [1.29, 1.82) is 0 Å². The second-order valence-corrected chi connectivity index (χ2v) is 10.3. The molecule has 0 amide bonds. The van der Waals surface area contributed by atoms with Crippen LogP contribution in [0, 0.1) is 13.8 Å². The van der Waals surface area contributed by atoms with E-state index in [0.29, 0.717) is 37.4 Å². The molecule has 1 aromatic heterocycles. The van der Waals surface area contributed by atoms with Gasteiger partial charge in [0.05, 0.1) is 15.1 Å². The van der Waals surface area contributed by atoms with Gasteiger partial charge in [-0.05, 0) is 56.2 Å². The van der Waals surface area contributed by atoms with Gasteiger partial charge in [-0.3, -0.25) is 9.36 Å². The molecule has 1 saturated heterocycles. The van der Waals surface area contributed by atoms with E-state index in [1.807, 2.05) is 13.0 Å². The Morgan fingerprint density at radius 2 is 1.76 bits per heavy atom. The van der Waals surface area contributed by atoms with Crippen molar-refractivity contribution in [3.05, 3.63) is 57.2 Å². The topological polar surface area (TPSA) is 62.6 Å². The molecule has 4 rings (SSSR count). The number of rotatable bonds is 4. The van der Waals surface area contributed by atoms with Gasteiger partial charge in [-0.15, -0.1) is 0 Å². The summed E-state index contributed by atoms with van der Waals surface area (Å²) in [6, 6.07) is 11.2. The fourth-order valence-electron chi connectivity index (χ4n) is 3.90. The first-order chi connectivity index (χ1) is 13.8. The highest BCUT2D eigenvalue weighted by atomic mass is 32.2. The van der Waals surface area contributed by atoms with E-state index in [9.17, 15) is 13.2 Å². The van der Waals surface area contributed by atoms with E-state index >= 15 is 0 Å². The van der Waals surface area contributed by atoms with Crippen LogP contribution < -0.4 is 9.77 Å². The number of nitrogens with zero attached hydrogens (tertiary/aromatic N) is 3. The molecule has 29 heavy (non-hydrogen) atoms. The maximum Gasteiger partial charge on any atom is 0.308 e. The maximum absolute atomic E-state index is 13.2. The molecule has 0 N–H and O–H groups in total. The van der Waals surface area contributed by atoms with Crippen LogP contribution in [-0.4, -0.2) is 43.5 Å². The SMILES string of the molecule is CCn1c(=O)sc2cc(S(=O)(=O)N3CCN(c4cccc(C)c4C)CC3)ccc21. The van der Waals surface area contributed by atoms with Gasteiger partial charge in [-0.1, -0.05) is 23.5 Å². The van der Waals surface area contributed by atoms with Crippen LogP contribution in [0.3, 0.4) is 0 Å². The molecule has 0 radical (unpaired) electrons. The van der Waals surface area contributed by atoms with Crippen LogP contribution in [0.4, 0.5) is 5.69 Å². The lowest BCUT2D eigenvalue weighted by Crippen LogP contribution is -2.48. The Kier molecular flexibility index (Phi) is 5.27. The van der Waals surface area contributed by atoms with Crippen molar-refractivity contribution in [3.63, 3.8) is 0 Å². The van der Waals surface area contributed by atoms with Crippen molar-refractivity contribution in [2.45, 2.75) is 32.2 Å². The number of anilines is 1. The summed E-state index contributed by atoms with van der Waals surface area (Å²) in [7, 11) is -3.59. The number of piperazine rings is 1. The van der Waals surface area contributed by atoms with Gasteiger partial charge in [0.2, 0.25) is 10.0 Å². The van der Waals surface area contributed by atoms with Crippen LogP contribution in [0.2, 0.25) is 0 Å². The number of aromatic nitrogens is 1. The molecule has 1 aliphatic heterocycles. The number of thiazole rings is 1. The third kappa shape index (κ3) is 3.49. The largest absolute Gasteiger partial charge is 0.369 e. The van der Waals surface area contributed by atoms with Crippen LogP contribution in [0.25, 0.3) is 10.2 Å². The van der Waals surface area contributed by atoms with Gasteiger partial charge in [-0.2, -0.15) is 4.31 Å². The molecule has 6 nitrogen and oxygen atoms in total. The number of aryl methyl sites for hydroxylation is 2. The predicted molar refractivity (Wildman–Crippen MR) is 119 cm³/mol. The van der Waals surface area contributed by atoms with Crippen molar-refractivity contribution in [2.75, 3.05) is 31.1 Å². The number of hydrogen-bond donors (Lipinski definition) is 0. The van der Waals surface area contributed by atoms with E-state index in [2.05, 4.69) is 30.9 Å². The summed E-state index contributed by atoms with van der Waals surface area (Å²) in [6.07, 6.45) is 0. The summed E-state index contributed by atoms with van der Waals surface area (Å²) in [6.45, 7) is 8.89. The molecule has 154 valence electrons. The van der Waals surface area contributed by atoms with Gasteiger partial charge < -0.3 is 4.90 Å². The van der Waals surface area contributed by atoms with Gasteiger partial charge >= 0.3 is 4.87 Å². The Balaban J connectivity index is 1.57. The lowest BCUT2D eigenvalue weighted by Gasteiger charge is -2.36. The maximum atomic E-state index is 13.2. The Hall–Kier alpha value is -2.16. The molecule has 3 aromatic rings. The summed E-state index contributed by atoms with van der Waals surface area (Å²) in [5.41, 5.74) is 4.45. The molecule has 0 atom stereocenters. The fraction of sp³-hybridized carbons (Fsp3) is 0.381. The van der Waals surface area contributed by atoms with E-state index in [1.165, 1.54) is 16.8 Å².